The molecule has 3 nitrogen and oxygen atoms in total. The van der Waals surface area contributed by atoms with E-state index >= 15 is 0 Å². The summed E-state index contributed by atoms with van der Waals surface area (Å²) in [6, 6.07) is 11.5. The van der Waals surface area contributed by atoms with Gasteiger partial charge in [0.25, 0.3) is 0 Å². The molecular formula is C17H20F2IN3. The summed E-state index contributed by atoms with van der Waals surface area (Å²) in [4.78, 5) is 4.07. The number of halogens is 3. The summed E-state index contributed by atoms with van der Waals surface area (Å²) in [5, 5.41) is 6.10. The van der Waals surface area contributed by atoms with Crippen LogP contribution in [0.15, 0.2) is 47.5 Å². The molecule has 0 aliphatic heterocycles. The topological polar surface area (TPSA) is 36.4 Å². The second-order valence-electron chi connectivity index (χ2n) is 5.00. The first-order valence-electron chi connectivity index (χ1n) is 7.02. The average Bonchev–Trinajstić information content (AvgIpc) is 2.52. The van der Waals surface area contributed by atoms with E-state index in [1.807, 2.05) is 31.2 Å². The van der Waals surface area contributed by atoms with Gasteiger partial charge in [0.2, 0.25) is 0 Å². The molecule has 2 aromatic carbocycles. The second-order valence-corrected chi connectivity index (χ2v) is 5.00. The SMILES string of the molecule is CN=C(NCc1ccc(C)cc1)NCc1cc(F)ccc1F.I. The molecule has 0 unspecified atom stereocenters. The van der Waals surface area contributed by atoms with Crippen molar-refractivity contribution >= 4 is 29.9 Å². The first-order valence-corrected chi connectivity index (χ1v) is 7.02. The third kappa shape index (κ3) is 6.13. The van der Waals surface area contributed by atoms with Gasteiger partial charge in [-0.15, -0.1) is 24.0 Å². The Morgan fingerprint density at radius 3 is 2.30 bits per heavy atom. The number of guanidine groups is 1. The molecule has 2 rings (SSSR count). The number of hydrogen-bond acceptors (Lipinski definition) is 1. The van der Waals surface area contributed by atoms with E-state index in [1.54, 1.807) is 7.05 Å². The predicted molar refractivity (Wildman–Crippen MR) is 100.0 cm³/mol. The highest BCUT2D eigenvalue weighted by molar-refractivity contribution is 14.0. The number of aryl methyl sites for hydroxylation is 1. The van der Waals surface area contributed by atoms with E-state index in [0.717, 1.165) is 17.7 Å². The summed E-state index contributed by atoms with van der Waals surface area (Å²) < 4.78 is 26.7. The first-order chi connectivity index (χ1) is 10.6. The minimum Gasteiger partial charge on any atom is -0.352 e. The van der Waals surface area contributed by atoms with E-state index in [1.165, 1.54) is 11.6 Å². The third-order valence-electron chi connectivity index (χ3n) is 3.26. The summed E-state index contributed by atoms with van der Waals surface area (Å²) in [5.74, 6) is -0.368. The molecule has 124 valence electrons. The van der Waals surface area contributed by atoms with E-state index < -0.39 is 11.6 Å². The summed E-state index contributed by atoms with van der Waals surface area (Å²) in [6.07, 6.45) is 0. The Kier molecular flexibility index (Phi) is 7.94. The van der Waals surface area contributed by atoms with Crippen LogP contribution in [0, 0.1) is 18.6 Å². The molecule has 2 aromatic rings. The summed E-state index contributed by atoms with van der Waals surface area (Å²) in [6.45, 7) is 2.80. The summed E-state index contributed by atoms with van der Waals surface area (Å²) in [7, 11) is 1.63. The maximum atomic E-state index is 13.5. The standard InChI is InChI=1S/C17H19F2N3.HI/c1-12-3-5-13(6-4-12)10-21-17(20-2)22-11-14-9-15(18)7-8-16(14)19;/h3-9H,10-11H2,1-2H3,(H2,20,21,22);1H. The zero-order valence-corrected chi connectivity index (χ0v) is 15.4. The van der Waals surface area contributed by atoms with E-state index in [0.29, 0.717) is 12.5 Å². The maximum Gasteiger partial charge on any atom is 0.191 e. The number of rotatable bonds is 4. The Bertz CT molecular complexity index is 657. The number of aliphatic imine (C=N–C) groups is 1. The largest absolute Gasteiger partial charge is 0.352 e. The smallest absolute Gasteiger partial charge is 0.191 e. The zero-order valence-electron chi connectivity index (χ0n) is 13.1. The molecule has 0 atom stereocenters. The summed E-state index contributed by atoms with van der Waals surface area (Å²) >= 11 is 0. The van der Waals surface area contributed by atoms with E-state index in [2.05, 4.69) is 15.6 Å². The van der Waals surface area contributed by atoms with Gasteiger partial charge in [-0.2, -0.15) is 0 Å². The van der Waals surface area contributed by atoms with Gasteiger partial charge in [0.15, 0.2) is 5.96 Å². The lowest BCUT2D eigenvalue weighted by atomic mass is 10.1. The predicted octanol–water partition coefficient (Wildman–Crippen LogP) is 3.76. The van der Waals surface area contributed by atoms with Crippen LogP contribution < -0.4 is 10.6 Å². The van der Waals surface area contributed by atoms with E-state index in [-0.39, 0.29) is 36.1 Å². The van der Waals surface area contributed by atoms with E-state index in [9.17, 15) is 8.78 Å². The van der Waals surface area contributed by atoms with Gasteiger partial charge in [0, 0.05) is 25.7 Å². The van der Waals surface area contributed by atoms with Crippen LogP contribution in [-0.2, 0) is 13.1 Å². The minimum atomic E-state index is -0.458. The molecule has 0 aliphatic rings. The maximum absolute atomic E-state index is 13.5. The van der Waals surface area contributed by atoms with Crippen molar-refractivity contribution in [1.29, 1.82) is 0 Å². The third-order valence-corrected chi connectivity index (χ3v) is 3.26. The van der Waals surface area contributed by atoms with Crippen molar-refractivity contribution in [2.45, 2.75) is 20.0 Å². The van der Waals surface area contributed by atoms with Crippen molar-refractivity contribution in [2.75, 3.05) is 7.05 Å². The minimum absolute atomic E-state index is 0. The van der Waals surface area contributed by atoms with Crippen LogP contribution in [0.4, 0.5) is 8.78 Å². The highest BCUT2D eigenvalue weighted by Crippen LogP contribution is 2.09. The van der Waals surface area contributed by atoms with Gasteiger partial charge >= 0.3 is 0 Å². The van der Waals surface area contributed by atoms with Gasteiger partial charge in [0.05, 0.1) is 0 Å². The van der Waals surface area contributed by atoms with Crippen molar-refractivity contribution < 1.29 is 8.78 Å². The summed E-state index contributed by atoms with van der Waals surface area (Å²) in [5.41, 5.74) is 2.58. The molecule has 0 aliphatic carbocycles. The highest BCUT2D eigenvalue weighted by atomic mass is 127. The van der Waals surface area contributed by atoms with Crippen LogP contribution in [0.1, 0.15) is 16.7 Å². The quantitative estimate of drug-likeness (QED) is 0.440. The molecule has 2 N–H and O–H groups in total. The van der Waals surface area contributed by atoms with Gasteiger partial charge in [-0.3, -0.25) is 4.99 Å². The van der Waals surface area contributed by atoms with Crippen molar-refractivity contribution in [3.8, 4) is 0 Å². The van der Waals surface area contributed by atoms with Crippen LogP contribution in [0.25, 0.3) is 0 Å². The molecule has 6 heteroatoms. The molecule has 0 saturated heterocycles. The van der Waals surface area contributed by atoms with Gasteiger partial charge < -0.3 is 10.6 Å². The van der Waals surface area contributed by atoms with Crippen LogP contribution in [0.5, 0.6) is 0 Å². The molecule has 0 heterocycles. The fourth-order valence-corrected chi connectivity index (χ4v) is 1.97. The fraction of sp³-hybridized carbons (Fsp3) is 0.235. The van der Waals surface area contributed by atoms with Gasteiger partial charge in [0.1, 0.15) is 11.6 Å². The van der Waals surface area contributed by atoms with Crippen molar-refractivity contribution in [2.24, 2.45) is 4.99 Å². The molecule has 0 spiro atoms. The Balaban J connectivity index is 0.00000264. The average molecular weight is 431 g/mol. The Labute approximate surface area is 152 Å². The second kappa shape index (κ2) is 9.44. The lowest BCUT2D eigenvalue weighted by Crippen LogP contribution is -2.36. The van der Waals surface area contributed by atoms with Crippen molar-refractivity contribution in [1.82, 2.24) is 10.6 Å². The van der Waals surface area contributed by atoms with Gasteiger partial charge in [-0.05, 0) is 30.7 Å². The first kappa shape index (κ1) is 19.3. The molecule has 0 amide bonds. The van der Waals surface area contributed by atoms with Crippen molar-refractivity contribution in [3.05, 3.63) is 70.8 Å². The monoisotopic (exact) mass is 431 g/mol. The molecule has 0 aromatic heterocycles. The van der Waals surface area contributed by atoms with Crippen LogP contribution in [0.3, 0.4) is 0 Å². The molecular weight excluding hydrogens is 411 g/mol. The number of hydrogen-bond donors (Lipinski definition) is 2. The number of nitrogens with one attached hydrogen (secondary N) is 2. The lowest BCUT2D eigenvalue weighted by Gasteiger charge is -2.12. The van der Waals surface area contributed by atoms with Gasteiger partial charge in [-0.25, -0.2) is 8.78 Å². The lowest BCUT2D eigenvalue weighted by molar-refractivity contribution is 0.581. The van der Waals surface area contributed by atoms with Crippen LogP contribution in [0.2, 0.25) is 0 Å². The Morgan fingerprint density at radius 2 is 1.65 bits per heavy atom. The Hall–Kier alpha value is -1.70. The van der Waals surface area contributed by atoms with E-state index in [4.69, 9.17) is 0 Å². The highest BCUT2D eigenvalue weighted by Gasteiger charge is 2.05. The molecule has 0 saturated carbocycles. The molecule has 0 fully saturated rings. The normalized spacial score (nSPS) is 10.9. The van der Waals surface area contributed by atoms with Crippen LogP contribution in [-0.4, -0.2) is 13.0 Å². The van der Waals surface area contributed by atoms with Gasteiger partial charge in [-0.1, -0.05) is 29.8 Å². The Morgan fingerprint density at radius 1 is 1.00 bits per heavy atom. The fourth-order valence-electron chi connectivity index (χ4n) is 1.97. The molecule has 0 bridgehead atoms. The van der Waals surface area contributed by atoms with Crippen LogP contribution >= 0.6 is 24.0 Å². The molecule has 23 heavy (non-hydrogen) atoms. The number of nitrogens with zero attached hydrogens (tertiary/aromatic N) is 1. The van der Waals surface area contributed by atoms with Crippen molar-refractivity contribution in [3.63, 3.8) is 0 Å². The molecule has 0 radical (unpaired) electrons. The number of benzene rings is 2. The zero-order chi connectivity index (χ0) is 15.9.